The molecule has 5 aromatic carbocycles. The molecule has 2 aliphatic heterocycles. The van der Waals surface area contributed by atoms with Crippen LogP contribution in [0.1, 0.15) is 42.4 Å². The SMILES string of the molecule is CCc1ccc(N2C(=O)[C@H]3[C@H](CC=C4[C@H]3C[C@H]3C(=O)N(Nc5ccc(F)cc5)C(=O)[C@@]3(c3ccc(Cl)cc3)[C@H]4c3ccc(O)c4ccccc34)C2=O)cc1. The van der Waals surface area contributed by atoms with Crippen LogP contribution in [-0.4, -0.2) is 33.7 Å². The largest absolute Gasteiger partial charge is 0.507 e. The quantitative estimate of drug-likeness (QED) is 0.135. The molecule has 9 rings (SSSR count). The lowest BCUT2D eigenvalue weighted by molar-refractivity contribution is -0.138. The molecular formula is C44H35ClFN3O5. The highest BCUT2D eigenvalue weighted by Gasteiger charge is 2.70. The van der Waals surface area contributed by atoms with Gasteiger partial charge in [0.05, 0.1) is 34.5 Å². The number of phenolic OH excluding ortho intramolecular Hbond substituents is 1. The number of fused-ring (bicyclic) bond motifs is 5. The predicted molar refractivity (Wildman–Crippen MR) is 203 cm³/mol. The molecule has 1 saturated carbocycles. The molecule has 5 aromatic rings. The molecule has 0 bridgehead atoms. The fourth-order valence-electron chi connectivity index (χ4n) is 9.69. The number of nitrogens with zero attached hydrogens (tertiary/aromatic N) is 2. The minimum absolute atomic E-state index is 0.0613. The number of phenols is 1. The summed E-state index contributed by atoms with van der Waals surface area (Å²) in [5, 5.41) is 13.8. The molecule has 0 radical (unpaired) electrons. The molecule has 3 fully saturated rings. The Kier molecular flexibility index (Phi) is 7.97. The second kappa shape index (κ2) is 12.7. The van der Waals surface area contributed by atoms with Crippen molar-refractivity contribution in [3.05, 3.63) is 148 Å². The van der Waals surface area contributed by atoms with Crippen LogP contribution in [0.3, 0.4) is 0 Å². The number of nitrogens with one attached hydrogen (secondary N) is 1. The first-order valence-corrected chi connectivity index (χ1v) is 18.5. The number of amides is 4. The minimum Gasteiger partial charge on any atom is -0.507 e. The maximum atomic E-state index is 15.5. The zero-order valence-electron chi connectivity index (χ0n) is 29.2. The van der Waals surface area contributed by atoms with Crippen LogP contribution in [-0.2, 0) is 31.0 Å². The highest BCUT2D eigenvalue weighted by atomic mass is 35.5. The van der Waals surface area contributed by atoms with Gasteiger partial charge >= 0.3 is 0 Å². The van der Waals surface area contributed by atoms with Crippen LogP contribution in [0, 0.1) is 29.5 Å². The summed E-state index contributed by atoms with van der Waals surface area (Å²) in [5.41, 5.74) is 5.44. The maximum Gasteiger partial charge on any atom is 0.260 e. The summed E-state index contributed by atoms with van der Waals surface area (Å²) >= 11 is 6.42. The van der Waals surface area contributed by atoms with Gasteiger partial charge < -0.3 is 5.11 Å². The molecule has 4 aliphatic rings. The van der Waals surface area contributed by atoms with E-state index in [-0.39, 0.29) is 30.4 Å². The number of imide groups is 2. The van der Waals surface area contributed by atoms with Gasteiger partial charge in [0.2, 0.25) is 11.8 Å². The molecule has 10 heteroatoms. The summed E-state index contributed by atoms with van der Waals surface area (Å²) in [4.78, 5) is 60.5. The van der Waals surface area contributed by atoms with Crippen LogP contribution in [0.25, 0.3) is 10.8 Å². The molecule has 2 saturated heterocycles. The molecule has 0 aromatic heterocycles. The summed E-state index contributed by atoms with van der Waals surface area (Å²) in [6.07, 6.45) is 3.22. The third-order valence-corrected chi connectivity index (χ3v) is 12.4. The Balaban J connectivity index is 1.26. The van der Waals surface area contributed by atoms with Crippen molar-refractivity contribution in [1.29, 1.82) is 0 Å². The second-order valence-corrected chi connectivity index (χ2v) is 15.1. The zero-order chi connectivity index (χ0) is 37.5. The van der Waals surface area contributed by atoms with Crippen LogP contribution in [0.2, 0.25) is 5.02 Å². The number of hydrogen-bond donors (Lipinski definition) is 2. The average molecular weight is 740 g/mol. The van der Waals surface area contributed by atoms with Crippen molar-refractivity contribution >= 4 is 57.4 Å². The molecular weight excluding hydrogens is 705 g/mol. The normalized spacial score (nSPS) is 26.1. The third-order valence-electron chi connectivity index (χ3n) is 12.1. The highest BCUT2D eigenvalue weighted by Crippen LogP contribution is 2.65. The van der Waals surface area contributed by atoms with Crippen LogP contribution in [0.15, 0.2) is 121 Å². The van der Waals surface area contributed by atoms with Gasteiger partial charge in [-0.15, -0.1) is 0 Å². The van der Waals surface area contributed by atoms with Crippen molar-refractivity contribution in [3.63, 3.8) is 0 Å². The highest BCUT2D eigenvalue weighted by molar-refractivity contribution is 6.30. The third kappa shape index (κ3) is 4.87. The van der Waals surface area contributed by atoms with Crippen molar-refractivity contribution in [3.8, 4) is 5.75 Å². The van der Waals surface area contributed by atoms with E-state index in [1.165, 1.54) is 29.2 Å². The molecule has 0 unspecified atom stereocenters. The molecule has 2 aliphatic carbocycles. The number of halogens is 2. The van der Waals surface area contributed by atoms with Crippen LogP contribution in [0.5, 0.6) is 5.75 Å². The Morgan fingerprint density at radius 2 is 1.52 bits per heavy atom. The minimum atomic E-state index is -1.54. The zero-order valence-corrected chi connectivity index (χ0v) is 30.0. The monoisotopic (exact) mass is 739 g/mol. The second-order valence-electron chi connectivity index (χ2n) is 14.6. The van der Waals surface area contributed by atoms with Crippen molar-refractivity contribution in [2.75, 3.05) is 10.3 Å². The molecule has 2 heterocycles. The number of benzene rings is 5. The lowest BCUT2D eigenvalue weighted by Gasteiger charge is -2.51. The molecule has 270 valence electrons. The average Bonchev–Trinajstić information content (AvgIpc) is 3.57. The molecule has 6 atom stereocenters. The Labute approximate surface area is 315 Å². The van der Waals surface area contributed by atoms with E-state index in [1.807, 2.05) is 43.3 Å². The fourth-order valence-corrected chi connectivity index (χ4v) is 9.82. The van der Waals surface area contributed by atoms with E-state index in [2.05, 4.69) is 5.43 Å². The van der Waals surface area contributed by atoms with Gasteiger partial charge in [0.15, 0.2) is 0 Å². The van der Waals surface area contributed by atoms with E-state index >= 15 is 4.79 Å². The number of hydrogen-bond acceptors (Lipinski definition) is 6. The smallest absolute Gasteiger partial charge is 0.260 e. The van der Waals surface area contributed by atoms with Crippen molar-refractivity contribution < 1.29 is 28.7 Å². The number of rotatable bonds is 6. The van der Waals surface area contributed by atoms with E-state index in [0.29, 0.717) is 38.3 Å². The van der Waals surface area contributed by atoms with Gasteiger partial charge in [-0.05, 0) is 102 Å². The van der Waals surface area contributed by atoms with Gasteiger partial charge in [-0.3, -0.25) is 29.5 Å². The van der Waals surface area contributed by atoms with Gasteiger partial charge in [-0.2, -0.15) is 5.01 Å². The molecule has 2 N–H and O–H groups in total. The molecule has 54 heavy (non-hydrogen) atoms. The topological polar surface area (TPSA) is 107 Å². The first-order valence-electron chi connectivity index (χ1n) is 18.2. The van der Waals surface area contributed by atoms with Crippen LogP contribution < -0.4 is 10.3 Å². The summed E-state index contributed by atoms with van der Waals surface area (Å²) in [5.74, 6) is -5.78. The summed E-state index contributed by atoms with van der Waals surface area (Å²) < 4.78 is 13.9. The van der Waals surface area contributed by atoms with Crippen molar-refractivity contribution in [2.45, 2.75) is 37.5 Å². The van der Waals surface area contributed by atoms with E-state index < -0.39 is 52.6 Å². The van der Waals surface area contributed by atoms with E-state index in [0.717, 1.165) is 22.6 Å². The maximum absolute atomic E-state index is 15.5. The summed E-state index contributed by atoms with van der Waals surface area (Å²) in [7, 11) is 0. The number of allylic oxidation sites excluding steroid dienone is 2. The van der Waals surface area contributed by atoms with Gasteiger partial charge in [0.1, 0.15) is 11.6 Å². The van der Waals surface area contributed by atoms with Crippen molar-refractivity contribution in [2.24, 2.45) is 23.7 Å². The number of hydrazine groups is 1. The Morgan fingerprint density at radius 1 is 0.815 bits per heavy atom. The van der Waals surface area contributed by atoms with Gasteiger partial charge in [0, 0.05) is 16.3 Å². The van der Waals surface area contributed by atoms with Gasteiger partial charge in [0.25, 0.3) is 11.8 Å². The molecule has 8 nitrogen and oxygen atoms in total. The van der Waals surface area contributed by atoms with Gasteiger partial charge in [-0.1, -0.05) is 84.8 Å². The predicted octanol–water partition coefficient (Wildman–Crippen LogP) is 8.09. The summed E-state index contributed by atoms with van der Waals surface area (Å²) in [6, 6.07) is 30.5. The fraction of sp³-hybridized carbons (Fsp3) is 0.227. The lowest BCUT2D eigenvalue weighted by Crippen LogP contribution is -2.53. The number of anilines is 2. The van der Waals surface area contributed by atoms with Gasteiger partial charge in [-0.25, -0.2) is 4.39 Å². The number of carbonyl (C=O) groups is 4. The van der Waals surface area contributed by atoms with E-state index in [1.54, 1.807) is 54.6 Å². The Hall–Kier alpha value is -5.80. The number of aryl methyl sites for hydroxylation is 1. The van der Waals surface area contributed by atoms with E-state index in [4.69, 9.17) is 11.6 Å². The standard InChI is InChI=1S/C44H35ClFN3O5/c1-2-24-7-17-29(18-8-24)48-40(51)34-20-19-33-35(38(34)42(48)53)23-36-41(52)49(47-28-15-13-27(46)14-16-28)43(54)44(36,25-9-11-26(45)12-10-25)39(33)32-21-22-37(50)31-6-4-3-5-30(31)32/h3-19,21-22,34-36,38-39,47,50H,2,20,23H2,1H3/t34-,35+,36-,38-,39-,44+/m0/s1. The first kappa shape index (κ1) is 34.0. The number of aromatic hydroxyl groups is 1. The Morgan fingerprint density at radius 3 is 2.22 bits per heavy atom. The number of carbonyl (C=O) groups excluding carboxylic acids is 4. The van der Waals surface area contributed by atoms with Crippen molar-refractivity contribution in [1.82, 2.24) is 5.01 Å². The lowest BCUT2D eigenvalue weighted by atomic mass is 9.49. The Bertz CT molecular complexity index is 2410. The first-order chi connectivity index (χ1) is 26.1. The van der Waals surface area contributed by atoms with E-state index in [9.17, 15) is 23.9 Å². The summed E-state index contributed by atoms with van der Waals surface area (Å²) in [6.45, 7) is 2.04. The van der Waals surface area contributed by atoms with Crippen LogP contribution >= 0.6 is 11.6 Å². The van der Waals surface area contributed by atoms with Crippen LogP contribution in [0.4, 0.5) is 15.8 Å². The molecule has 0 spiro atoms. The molecule has 4 amide bonds.